The average molecular weight is 495 g/mol. The van der Waals surface area contributed by atoms with Gasteiger partial charge < -0.3 is 0 Å². The van der Waals surface area contributed by atoms with Crippen LogP contribution in [0.5, 0.6) is 0 Å². The Bertz CT molecular complexity index is 993. The maximum Gasteiger partial charge on any atom is 0.247 e. The molecule has 3 N–H and O–H groups in total. The van der Waals surface area contributed by atoms with Gasteiger partial charge in [0.25, 0.3) is 0 Å². The number of nitrogens with one attached hydrogen (secondary N) is 2. The maximum absolute atomic E-state index is 13.5. The zero-order valence-electron chi connectivity index (χ0n) is 21.6. The number of hydrogen-bond donors (Lipinski definition) is 3. The van der Waals surface area contributed by atoms with Gasteiger partial charge >= 0.3 is 0 Å². The van der Waals surface area contributed by atoms with E-state index in [4.69, 9.17) is 0 Å². The van der Waals surface area contributed by atoms with E-state index in [-0.39, 0.29) is 30.6 Å². The van der Waals surface area contributed by atoms with E-state index in [1.807, 2.05) is 76.2 Å². The fourth-order valence-electron chi connectivity index (χ4n) is 3.98. The monoisotopic (exact) mass is 494 g/mol. The molecule has 0 fully saturated rings. The number of hydroxylamine groups is 1. The summed E-state index contributed by atoms with van der Waals surface area (Å²) in [5.41, 5.74) is 6.21. The molecule has 0 unspecified atom stereocenters. The van der Waals surface area contributed by atoms with Gasteiger partial charge in [-0.05, 0) is 41.9 Å². The van der Waals surface area contributed by atoms with E-state index in [0.29, 0.717) is 13.0 Å². The molecular weight excluding hydrogens is 456 g/mol. The summed E-state index contributed by atoms with van der Waals surface area (Å²) >= 11 is 0. The molecule has 0 radical (unpaired) electrons. The third-order valence-corrected chi connectivity index (χ3v) is 5.67. The Labute approximate surface area is 213 Å². The number of aromatic nitrogens is 1. The largest absolute Gasteiger partial charge is 0.289 e. The highest BCUT2D eigenvalue weighted by molar-refractivity contribution is 5.89. The highest BCUT2D eigenvalue weighted by Crippen LogP contribution is 2.26. The fourth-order valence-corrected chi connectivity index (χ4v) is 3.98. The molecule has 194 valence electrons. The molecule has 0 aliphatic rings. The van der Waals surface area contributed by atoms with E-state index in [2.05, 4.69) is 10.4 Å². The highest BCUT2D eigenvalue weighted by Gasteiger charge is 2.35. The predicted octanol–water partition coefficient (Wildman–Crippen LogP) is 4.03. The summed E-state index contributed by atoms with van der Waals surface area (Å²) in [5.74, 6) is -2.67. The number of hydrazine groups is 1. The molecule has 0 aliphatic heterocycles. The second kappa shape index (κ2) is 14.8. The summed E-state index contributed by atoms with van der Waals surface area (Å²) in [7, 11) is 0. The second-order valence-corrected chi connectivity index (χ2v) is 9.78. The average Bonchev–Trinajstić information content (AvgIpc) is 2.85. The van der Waals surface area contributed by atoms with Crippen molar-refractivity contribution in [1.82, 2.24) is 20.9 Å². The molecule has 8 heteroatoms. The third-order valence-electron chi connectivity index (χ3n) is 5.67. The van der Waals surface area contributed by atoms with Gasteiger partial charge in [-0.2, -0.15) is 0 Å². The molecular formula is C28H38N4O4. The Hall–Kier alpha value is -3.52. The van der Waals surface area contributed by atoms with Crippen LogP contribution in [0.1, 0.15) is 51.7 Å². The first-order chi connectivity index (χ1) is 17.2. The number of hydrogen-bond acceptors (Lipinski definition) is 5. The number of carbonyl (C=O) groups is 3. The zero-order valence-corrected chi connectivity index (χ0v) is 21.6. The molecule has 1 aromatic heterocycles. The predicted molar refractivity (Wildman–Crippen MR) is 139 cm³/mol. The molecule has 1 heterocycles. The summed E-state index contributed by atoms with van der Waals surface area (Å²) in [6.45, 7) is 8.17. The molecule has 0 saturated heterocycles. The highest BCUT2D eigenvalue weighted by atomic mass is 16.5. The lowest BCUT2D eigenvalue weighted by Crippen LogP contribution is -2.52. The van der Waals surface area contributed by atoms with Gasteiger partial charge in [0.05, 0.1) is 18.3 Å². The van der Waals surface area contributed by atoms with Gasteiger partial charge in [0.2, 0.25) is 17.7 Å². The van der Waals surface area contributed by atoms with Gasteiger partial charge in [0.1, 0.15) is 0 Å². The number of allylic oxidation sites excluding steroid dienone is 1. The number of amides is 3. The minimum absolute atomic E-state index is 0.0933. The van der Waals surface area contributed by atoms with Crippen LogP contribution in [0.25, 0.3) is 6.08 Å². The van der Waals surface area contributed by atoms with Crippen molar-refractivity contribution in [1.29, 1.82) is 0 Å². The smallest absolute Gasteiger partial charge is 0.247 e. The minimum Gasteiger partial charge on any atom is -0.289 e. The van der Waals surface area contributed by atoms with E-state index in [0.717, 1.165) is 11.1 Å². The van der Waals surface area contributed by atoms with Crippen molar-refractivity contribution in [2.75, 3.05) is 6.54 Å². The Kier molecular flexibility index (Phi) is 11.8. The van der Waals surface area contributed by atoms with Crippen molar-refractivity contribution in [3.63, 3.8) is 0 Å². The van der Waals surface area contributed by atoms with E-state index in [1.54, 1.807) is 23.9 Å². The first-order valence-corrected chi connectivity index (χ1v) is 12.4. The quantitative estimate of drug-likeness (QED) is 0.305. The standard InChI is InChI=1S/C28H38N4O4/c1-20(2)16-25(24(28(35)31-36)14-8-12-22-10-6-5-7-11-22)27(34)30-32(19-21(3)4)26(33)17-23-13-9-15-29-18-23/h5-13,15,18,20-21,24-25,36H,14,16-17,19H2,1-4H3,(H,30,34)(H,31,35)/b12-8+/t24-,25+/m0/s1. The van der Waals surface area contributed by atoms with Crippen molar-refractivity contribution >= 4 is 23.8 Å². The van der Waals surface area contributed by atoms with Crippen LogP contribution >= 0.6 is 0 Å². The summed E-state index contributed by atoms with van der Waals surface area (Å²) in [6, 6.07) is 13.2. The van der Waals surface area contributed by atoms with Crippen LogP contribution in [0.3, 0.4) is 0 Å². The second-order valence-electron chi connectivity index (χ2n) is 9.78. The molecule has 0 bridgehead atoms. The summed E-state index contributed by atoms with van der Waals surface area (Å²) < 4.78 is 0. The van der Waals surface area contributed by atoms with E-state index in [1.165, 1.54) is 5.01 Å². The van der Waals surface area contributed by atoms with Gasteiger partial charge in [-0.25, -0.2) is 5.48 Å². The lowest BCUT2D eigenvalue weighted by molar-refractivity contribution is -0.147. The van der Waals surface area contributed by atoms with Crippen molar-refractivity contribution in [3.05, 3.63) is 72.1 Å². The first kappa shape index (κ1) is 28.7. The van der Waals surface area contributed by atoms with Crippen molar-refractivity contribution < 1.29 is 19.6 Å². The molecule has 1 aromatic carbocycles. The molecule has 2 rings (SSSR count). The molecule has 0 saturated carbocycles. The number of rotatable bonds is 12. The number of benzene rings is 1. The molecule has 36 heavy (non-hydrogen) atoms. The summed E-state index contributed by atoms with van der Waals surface area (Å²) in [6.07, 6.45) is 7.72. The van der Waals surface area contributed by atoms with E-state index >= 15 is 0 Å². The molecule has 0 spiro atoms. The van der Waals surface area contributed by atoms with Gasteiger partial charge in [0.15, 0.2) is 0 Å². The number of nitrogens with zero attached hydrogens (tertiary/aromatic N) is 2. The molecule has 8 nitrogen and oxygen atoms in total. The molecule has 2 aromatic rings. The Morgan fingerprint density at radius 3 is 2.28 bits per heavy atom. The van der Waals surface area contributed by atoms with Crippen LogP contribution in [0.15, 0.2) is 60.9 Å². The maximum atomic E-state index is 13.5. The van der Waals surface area contributed by atoms with Crippen LogP contribution in [0.2, 0.25) is 0 Å². The Morgan fingerprint density at radius 2 is 1.69 bits per heavy atom. The molecule has 2 atom stereocenters. The van der Waals surface area contributed by atoms with Crippen molar-refractivity contribution in [2.45, 2.75) is 47.0 Å². The third kappa shape index (κ3) is 9.62. The first-order valence-electron chi connectivity index (χ1n) is 12.4. The summed E-state index contributed by atoms with van der Waals surface area (Å²) in [4.78, 5) is 43.3. The van der Waals surface area contributed by atoms with Crippen molar-refractivity contribution in [3.8, 4) is 0 Å². The normalized spacial score (nSPS) is 13.0. The van der Waals surface area contributed by atoms with Crippen LogP contribution in [-0.2, 0) is 20.8 Å². The number of carbonyl (C=O) groups excluding carboxylic acids is 3. The Morgan fingerprint density at radius 1 is 0.972 bits per heavy atom. The lowest BCUT2D eigenvalue weighted by atomic mass is 9.82. The van der Waals surface area contributed by atoms with E-state index in [9.17, 15) is 19.6 Å². The van der Waals surface area contributed by atoms with Gasteiger partial charge in [-0.1, -0.05) is 76.2 Å². The van der Waals surface area contributed by atoms with E-state index < -0.39 is 23.7 Å². The fraction of sp³-hybridized carbons (Fsp3) is 0.429. The van der Waals surface area contributed by atoms with Crippen molar-refractivity contribution in [2.24, 2.45) is 23.7 Å². The SMILES string of the molecule is CC(C)C[C@@H](C(=O)NN(CC(C)C)C(=O)Cc1cccnc1)[C@H](C/C=C/c1ccccc1)C(=O)NO. The molecule has 0 aliphatic carbocycles. The summed E-state index contributed by atoms with van der Waals surface area (Å²) in [5, 5.41) is 10.7. The van der Waals surface area contributed by atoms with Gasteiger partial charge in [-0.3, -0.25) is 35.0 Å². The minimum atomic E-state index is -0.813. The Balaban J connectivity index is 2.24. The van der Waals surface area contributed by atoms with Crippen LogP contribution in [0.4, 0.5) is 0 Å². The van der Waals surface area contributed by atoms with Crippen LogP contribution in [-0.4, -0.2) is 39.5 Å². The van der Waals surface area contributed by atoms with Crippen LogP contribution < -0.4 is 10.9 Å². The zero-order chi connectivity index (χ0) is 26.5. The number of pyridine rings is 1. The van der Waals surface area contributed by atoms with Gasteiger partial charge in [0, 0.05) is 18.9 Å². The topological polar surface area (TPSA) is 112 Å². The van der Waals surface area contributed by atoms with Crippen LogP contribution in [0, 0.1) is 23.7 Å². The van der Waals surface area contributed by atoms with Gasteiger partial charge in [-0.15, -0.1) is 0 Å². The lowest BCUT2D eigenvalue weighted by Gasteiger charge is -2.30. The molecule has 3 amide bonds.